The molecule has 4 nitrogen and oxygen atoms in total. The van der Waals surface area contributed by atoms with Crippen molar-refractivity contribution < 1.29 is 4.92 Å². The zero-order chi connectivity index (χ0) is 9.84. The van der Waals surface area contributed by atoms with Crippen LogP contribution in [-0.4, -0.2) is 10.1 Å². The fraction of sp³-hybridized carbons (Fsp3) is 0. The van der Waals surface area contributed by atoms with Gasteiger partial charge in [-0.1, -0.05) is 11.6 Å². The van der Waals surface area contributed by atoms with Gasteiger partial charge in [-0.25, -0.2) is 0 Å². The van der Waals surface area contributed by atoms with Gasteiger partial charge in [0, 0.05) is 12.1 Å². The second kappa shape index (κ2) is 4.09. The van der Waals surface area contributed by atoms with Crippen LogP contribution in [0.25, 0.3) is 0 Å². The quantitative estimate of drug-likeness (QED) is 0.329. The van der Waals surface area contributed by atoms with Crippen molar-refractivity contribution in [2.75, 3.05) is 0 Å². The molecule has 13 heavy (non-hydrogen) atoms. The van der Waals surface area contributed by atoms with E-state index < -0.39 is 4.92 Å². The van der Waals surface area contributed by atoms with Gasteiger partial charge in [0.25, 0.3) is 5.69 Å². The topological polar surface area (TPSA) is 55.5 Å². The SMILES string of the molecule is O=[N+]([O-])c1ccc(N=C=S)c(Cl)c1. The Labute approximate surface area is 84.0 Å². The van der Waals surface area contributed by atoms with Gasteiger partial charge >= 0.3 is 0 Å². The standard InChI is InChI=1S/C7H3ClN2O2S/c8-6-3-5(10(11)12)1-2-7(6)9-4-13/h1-3H. The first-order chi connectivity index (χ1) is 6.15. The Morgan fingerprint density at radius 1 is 1.62 bits per heavy atom. The molecule has 0 aliphatic carbocycles. The molecule has 6 heteroatoms. The average Bonchev–Trinajstić information content (AvgIpc) is 2.08. The molecule has 0 unspecified atom stereocenters. The molecule has 0 saturated heterocycles. The van der Waals surface area contributed by atoms with E-state index in [2.05, 4.69) is 22.4 Å². The van der Waals surface area contributed by atoms with E-state index in [1.54, 1.807) is 0 Å². The largest absolute Gasteiger partial charge is 0.271 e. The second-order valence-corrected chi connectivity index (χ2v) is 2.69. The third-order valence-electron chi connectivity index (χ3n) is 1.31. The van der Waals surface area contributed by atoms with E-state index in [0.29, 0.717) is 5.69 Å². The second-order valence-electron chi connectivity index (χ2n) is 2.10. The summed E-state index contributed by atoms with van der Waals surface area (Å²) in [7, 11) is 0. The van der Waals surface area contributed by atoms with Gasteiger partial charge in [-0.15, -0.1) is 0 Å². The number of thiocarbonyl (C=S) groups is 1. The molecular formula is C7H3ClN2O2S. The lowest BCUT2D eigenvalue weighted by atomic mass is 10.3. The van der Waals surface area contributed by atoms with Crippen molar-refractivity contribution in [3.63, 3.8) is 0 Å². The molecule has 0 aromatic heterocycles. The molecular weight excluding hydrogens is 212 g/mol. The zero-order valence-corrected chi connectivity index (χ0v) is 7.80. The smallest absolute Gasteiger partial charge is 0.258 e. The van der Waals surface area contributed by atoms with E-state index >= 15 is 0 Å². The molecule has 0 heterocycles. The Balaban J connectivity index is 3.19. The summed E-state index contributed by atoms with van der Waals surface area (Å²) in [4.78, 5) is 13.4. The van der Waals surface area contributed by atoms with E-state index in [1.165, 1.54) is 18.2 Å². The maximum atomic E-state index is 10.3. The third-order valence-corrected chi connectivity index (χ3v) is 1.70. The summed E-state index contributed by atoms with van der Waals surface area (Å²) >= 11 is 10.0. The Bertz CT molecular complexity index is 401. The number of nitro benzene ring substituents is 1. The number of rotatable bonds is 2. The number of hydrogen-bond donors (Lipinski definition) is 0. The van der Waals surface area contributed by atoms with Crippen LogP contribution in [0.5, 0.6) is 0 Å². The number of halogens is 1. The fourth-order valence-electron chi connectivity index (χ4n) is 0.749. The fourth-order valence-corrected chi connectivity index (χ4v) is 1.06. The van der Waals surface area contributed by atoms with Crippen LogP contribution in [0, 0.1) is 10.1 Å². The molecule has 0 N–H and O–H groups in total. The lowest BCUT2D eigenvalue weighted by molar-refractivity contribution is -0.384. The van der Waals surface area contributed by atoms with Gasteiger partial charge in [-0.05, 0) is 18.3 Å². The van der Waals surface area contributed by atoms with Crippen LogP contribution >= 0.6 is 23.8 Å². The van der Waals surface area contributed by atoms with Gasteiger partial charge < -0.3 is 0 Å². The Morgan fingerprint density at radius 2 is 2.31 bits per heavy atom. The first-order valence-corrected chi connectivity index (χ1v) is 3.95. The van der Waals surface area contributed by atoms with Crippen molar-refractivity contribution >= 4 is 40.4 Å². The zero-order valence-electron chi connectivity index (χ0n) is 6.23. The van der Waals surface area contributed by atoms with Crippen LogP contribution in [0.15, 0.2) is 23.2 Å². The van der Waals surface area contributed by atoms with Gasteiger partial charge in [0.15, 0.2) is 0 Å². The summed E-state index contributed by atoms with van der Waals surface area (Å²) < 4.78 is 0. The summed E-state index contributed by atoms with van der Waals surface area (Å²) in [6.45, 7) is 0. The third kappa shape index (κ3) is 2.32. The molecule has 0 radical (unpaired) electrons. The highest BCUT2D eigenvalue weighted by molar-refractivity contribution is 7.78. The summed E-state index contributed by atoms with van der Waals surface area (Å²) in [5, 5.41) is 12.6. The van der Waals surface area contributed by atoms with E-state index in [1.807, 2.05) is 0 Å². The first kappa shape index (κ1) is 9.80. The summed E-state index contributed by atoms with van der Waals surface area (Å²) in [6, 6.07) is 3.93. The highest BCUT2D eigenvalue weighted by atomic mass is 35.5. The molecule has 1 aromatic rings. The average molecular weight is 215 g/mol. The highest BCUT2D eigenvalue weighted by Gasteiger charge is 2.07. The summed E-state index contributed by atoms with van der Waals surface area (Å²) in [5.41, 5.74) is 0.301. The number of hydrogen-bond acceptors (Lipinski definition) is 4. The molecule has 1 aromatic carbocycles. The van der Waals surface area contributed by atoms with E-state index in [9.17, 15) is 10.1 Å². The van der Waals surface area contributed by atoms with Crippen molar-refractivity contribution in [1.82, 2.24) is 0 Å². The van der Waals surface area contributed by atoms with Crippen LogP contribution in [0.3, 0.4) is 0 Å². The van der Waals surface area contributed by atoms with Crippen LogP contribution < -0.4 is 0 Å². The number of non-ortho nitro benzene ring substituents is 1. The molecule has 0 atom stereocenters. The first-order valence-electron chi connectivity index (χ1n) is 3.17. The Hall–Kier alpha value is -1.29. The van der Waals surface area contributed by atoms with Crippen molar-refractivity contribution in [3.8, 4) is 0 Å². The van der Waals surface area contributed by atoms with Gasteiger partial charge in [0.05, 0.1) is 20.8 Å². The van der Waals surface area contributed by atoms with Crippen molar-refractivity contribution in [1.29, 1.82) is 0 Å². The minimum absolute atomic E-state index is 0.0756. The van der Waals surface area contributed by atoms with Crippen LogP contribution in [0.4, 0.5) is 11.4 Å². The lowest BCUT2D eigenvalue weighted by Crippen LogP contribution is -1.86. The van der Waals surface area contributed by atoms with Crippen LogP contribution in [-0.2, 0) is 0 Å². The normalized spacial score (nSPS) is 9.00. The van der Waals surface area contributed by atoms with E-state index in [-0.39, 0.29) is 10.7 Å². The number of nitro groups is 1. The predicted octanol–water partition coefficient (Wildman–Crippen LogP) is 2.98. The maximum absolute atomic E-state index is 10.3. The maximum Gasteiger partial charge on any atom is 0.271 e. The van der Waals surface area contributed by atoms with Crippen molar-refractivity contribution in [2.45, 2.75) is 0 Å². The summed E-state index contributed by atoms with van der Waals surface area (Å²) in [5.74, 6) is 0. The number of isothiocyanates is 1. The minimum Gasteiger partial charge on any atom is -0.258 e. The Kier molecular flexibility index (Phi) is 3.08. The highest BCUT2D eigenvalue weighted by Crippen LogP contribution is 2.28. The van der Waals surface area contributed by atoms with E-state index in [4.69, 9.17) is 11.6 Å². The predicted molar refractivity (Wildman–Crippen MR) is 52.8 cm³/mol. The van der Waals surface area contributed by atoms with Crippen LogP contribution in [0.2, 0.25) is 5.02 Å². The van der Waals surface area contributed by atoms with Crippen molar-refractivity contribution in [3.05, 3.63) is 33.3 Å². The molecule has 0 spiro atoms. The molecule has 0 aliphatic heterocycles. The molecule has 0 bridgehead atoms. The monoisotopic (exact) mass is 214 g/mol. The van der Waals surface area contributed by atoms with Gasteiger partial charge in [-0.3, -0.25) is 10.1 Å². The minimum atomic E-state index is -0.531. The van der Waals surface area contributed by atoms with Gasteiger partial charge in [0.1, 0.15) is 0 Å². The van der Waals surface area contributed by atoms with Gasteiger partial charge in [-0.2, -0.15) is 4.99 Å². The number of nitrogens with zero attached hydrogens (tertiary/aromatic N) is 2. The van der Waals surface area contributed by atoms with Crippen LogP contribution in [0.1, 0.15) is 0 Å². The lowest BCUT2D eigenvalue weighted by Gasteiger charge is -1.95. The molecule has 0 amide bonds. The van der Waals surface area contributed by atoms with Gasteiger partial charge in [0.2, 0.25) is 0 Å². The number of benzene rings is 1. The molecule has 0 fully saturated rings. The summed E-state index contributed by atoms with van der Waals surface area (Å²) in [6.07, 6.45) is 0. The van der Waals surface area contributed by atoms with E-state index in [0.717, 1.165) is 0 Å². The molecule has 1 rings (SSSR count). The molecule has 0 saturated carbocycles. The number of aliphatic imine (C=N–C) groups is 1. The molecule has 0 aliphatic rings. The Morgan fingerprint density at radius 3 is 2.77 bits per heavy atom. The van der Waals surface area contributed by atoms with Crippen molar-refractivity contribution in [2.24, 2.45) is 4.99 Å². The molecule has 66 valence electrons.